The number of halogens is 1. The largest absolute Gasteiger partial charge is 0.481 e. The molecule has 0 fully saturated rings. The normalized spacial score (nSPS) is 12.0. The van der Waals surface area contributed by atoms with Crippen LogP contribution >= 0.6 is 15.9 Å². The Bertz CT molecular complexity index is 814. The summed E-state index contributed by atoms with van der Waals surface area (Å²) in [6, 6.07) is 9.28. The highest BCUT2D eigenvalue weighted by molar-refractivity contribution is 9.10. The van der Waals surface area contributed by atoms with Crippen LogP contribution in [0.3, 0.4) is 0 Å². The SMILES string of the molecule is Cc1cc(C(=O)NNC(=O)[C@@H](C)Oc2cccc(Br)c2)c(C)n1C(C)C. The standard InChI is InChI=1S/C19H24BrN3O3/c1-11(2)23-12(3)9-17(13(23)4)19(25)22-21-18(24)14(5)26-16-8-6-7-15(20)10-16/h6-11,14H,1-5H3,(H,21,24)(H,22,25)/t14-/m1/s1. The number of carbonyl (C=O) groups excluding carboxylic acids is 2. The van der Waals surface area contributed by atoms with E-state index in [2.05, 4.69) is 45.2 Å². The summed E-state index contributed by atoms with van der Waals surface area (Å²) in [6.45, 7) is 9.58. The highest BCUT2D eigenvalue weighted by atomic mass is 79.9. The van der Waals surface area contributed by atoms with Crippen LogP contribution in [-0.4, -0.2) is 22.5 Å². The van der Waals surface area contributed by atoms with Gasteiger partial charge >= 0.3 is 0 Å². The van der Waals surface area contributed by atoms with Gasteiger partial charge < -0.3 is 9.30 Å². The summed E-state index contributed by atoms with van der Waals surface area (Å²) in [6.07, 6.45) is -0.757. The van der Waals surface area contributed by atoms with E-state index in [1.54, 1.807) is 19.1 Å². The third kappa shape index (κ3) is 4.66. The van der Waals surface area contributed by atoms with Gasteiger partial charge in [-0.2, -0.15) is 0 Å². The van der Waals surface area contributed by atoms with Crippen molar-refractivity contribution in [1.29, 1.82) is 0 Å². The number of hydrogen-bond acceptors (Lipinski definition) is 3. The molecule has 140 valence electrons. The molecule has 6 nitrogen and oxygen atoms in total. The average Bonchev–Trinajstić information content (AvgIpc) is 2.86. The van der Waals surface area contributed by atoms with E-state index in [0.29, 0.717) is 11.3 Å². The molecule has 0 saturated carbocycles. The Morgan fingerprint density at radius 2 is 1.81 bits per heavy atom. The second-order valence-electron chi connectivity index (χ2n) is 6.41. The Hall–Kier alpha value is -2.28. The first-order valence-corrected chi connectivity index (χ1v) is 9.20. The van der Waals surface area contributed by atoms with E-state index in [9.17, 15) is 9.59 Å². The van der Waals surface area contributed by atoms with Gasteiger partial charge in [0.2, 0.25) is 0 Å². The van der Waals surface area contributed by atoms with Crippen molar-refractivity contribution < 1.29 is 14.3 Å². The zero-order valence-electron chi connectivity index (χ0n) is 15.6. The Labute approximate surface area is 162 Å². The predicted molar refractivity (Wildman–Crippen MR) is 104 cm³/mol. The number of hydrazine groups is 1. The molecule has 0 unspecified atom stereocenters. The van der Waals surface area contributed by atoms with Crippen LogP contribution in [0.5, 0.6) is 5.75 Å². The third-order valence-corrected chi connectivity index (χ3v) is 4.52. The van der Waals surface area contributed by atoms with Crippen molar-refractivity contribution in [2.24, 2.45) is 0 Å². The number of aromatic nitrogens is 1. The topological polar surface area (TPSA) is 72.4 Å². The van der Waals surface area contributed by atoms with Crippen molar-refractivity contribution in [1.82, 2.24) is 15.4 Å². The van der Waals surface area contributed by atoms with Gasteiger partial charge in [0.15, 0.2) is 6.10 Å². The maximum Gasteiger partial charge on any atom is 0.279 e. The Morgan fingerprint density at radius 1 is 1.12 bits per heavy atom. The van der Waals surface area contributed by atoms with Gasteiger partial charge in [-0.1, -0.05) is 22.0 Å². The van der Waals surface area contributed by atoms with Crippen molar-refractivity contribution >= 4 is 27.7 Å². The van der Waals surface area contributed by atoms with Crippen LogP contribution in [0.2, 0.25) is 0 Å². The smallest absolute Gasteiger partial charge is 0.279 e. The minimum absolute atomic E-state index is 0.254. The fourth-order valence-electron chi connectivity index (χ4n) is 2.89. The number of ether oxygens (including phenoxy) is 1. The molecule has 2 rings (SSSR count). The molecule has 0 aliphatic heterocycles. The summed E-state index contributed by atoms with van der Waals surface area (Å²) >= 11 is 3.35. The zero-order chi connectivity index (χ0) is 19.4. The average molecular weight is 422 g/mol. The molecule has 0 saturated heterocycles. The van der Waals surface area contributed by atoms with Crippen LogP contribution in [0, 0.1) is 13.8 Å². The van der Waals surface area contributed by atoms with E-state index < -0.39 is 12.0 Å². The van der Waals surface area contributed by atoms with Gasteiger partial charge in [-0.25, -0.2) is 0 Å². The molecule has 0 radical (unpaired) electrons. The lowest BCUT2D eigenvalue weighted by Crippen LogP contribution is -2.47. The molecule has 1 heterocycles. The number of carbonyl (C=O) groups is 2. The lowest BCUT2D eigenvalue weighted by atomic mass is 10.2. The van der Waals surface area contributed by atoms with Crippen molar-refractivity contribution in [3.63, 3.8) is 0 Å². The molecule has 2 aromatic rings. The lowest BCUT2D eigenvalue weighted by molar-refractivity contribution is -0.128. The second-order valence-corrected chi connectivity index (χ2v) is 7.33. The van der Waals surface area contributed by atoms with Gasteiger partial charge in [-0.3, -0.25) is 20.4 Å². The first-order chi connectivity index (χ1) is 12.2. The second kappa shape index (κ2) is 8.40. The first-order valence-electron chi connectivity index (χ1n) is 8.41. The van der Waals surface area contributed by atoms with E-state index in [1.165, 1.54) is 0 Å². The number of rotatable bonds is 5. The number of hydrogen-bond donors (Lipinski definition) is 2. The van der Waals surface area contributed by atoms with Crippen molar-refractivity contribution in [2.75, 3.05) is 0 Å². The zero-order valence-corrected chi connectivity index (χ0v) is 17.2. The molecule has 2 N–H and O–H groups in total. The predicted octanol–water partition coefficient (Wildman–Crippen LogP) is 3.68. The summed E-state index contributed by atoms with van der Waals surface area (Å²) in [5.74, 6) is -0.224. The fraction of sp³-hybridized carbons (Fsp3) is 0.368. The van der Waals surface area contributed by atoms with Crippen LogP contribution < -0.4 is 15.6 Å². The highest BCUT2D eigenvalue weighted by Crippen LogP contribution is 2.20. The van der Waals surface area contributed by atoms with Gasteiger partial charge in [-0.05, 0) is 58.9 Å². The monoisotopic (exact) mass is 421 g/mol. The van der Waals surface area contributed by atoms with E-state index in [0.717, 1.165) is 15.9 Å². The summed E-state index contributed by atoms with van der Waals surface area (Å²) in [5, 5.41) is 0. The molecule has 1 atom stereocenters. The molecule has 1 aromatic heterocycles. The molecule has 0 bridgehead atoms. The number of nitrogens with one attached hydrogen (secondary N) is 2. The Morgan fingerprint density at radius 3 is 2.38 bits per heavy atom. The summed E-state index contributed by atoms with van der Waals surface area (Å²) in [4.78, 5) is 24.6. The minimum Gasteiger partial charge on any atom is -0.481 e. The lowest BCUT2D eigenvalue weighted by Gasteiger charge is -2.16. The van der Waals surface area contributed by atoms with E-state index >= 15 is 0 Å². The van der Waals surface area contributed by atoms with Crippen LogP contribution in [0.15, 0.2) is 34.8 Å². The van der Waals surface area contributed by atoms with Crippen LogP contribution in [0.25, 0.3) is 0 Å². The van der Waals surface area contributed by atoms with Crippen LogP contribution in [-0.2, 0) is 4.79 Å². The Kier molecular flexibility index (Phi) is 6.47. The van der Waals surface area contributed by atoms with Crippen LogP contribution in [0.4, 0.5) is 0 Å². The summed E-state index contributed by atoms with van der Waals surface area (Å²) in [5.41, 5.74) is 7.28. The number of amides is 2. The molecule has 1 aromatic carbocycles. The van der Waals surface area contributed by atoms with E-state index in [1.807, 2.05) is 32.0 Å². The summed E-state index contributed by atoms with van der Waals surface area (Å²) in [7, 11) is 0. The maximum absolute atomic E-state index is 12.4. The number of aryl methyl sites for hydroxylation is 1. The summed E-state index contributed by atoms with van der Waals surface area (Å²) < 4.78 is 8.51. The quantitative estimate of drug-likeness (QED) is 0.723. The van der Waals surface area contributed by atoms with Gasteiger partial charge in [0.05, 0.1) is 5.56 Å². The van der Waals surface area contributed by atoms with Gasteiger partial charge in [-0.15, -0.1) is 0 Å². The number of benzene rings is 1. The fourth-order valence-corrected chi connectivity index (χ4v) is 3.27. The molecule has 0 aliphatic carbocycles. The number of nitrogens with zero attached hydrogens (tertiary/aromatic N) is 1. The molecule has 0 aliphatic rings. The Balaban J connectivity index is 1.96. The van der Waals surface area contributed by atoms with E-state index in [-0.39, 0.29) is 11.9 Å². The van der Waals surface area contributed by atoms with Gasteiger partial charge in [0, 0.05) is 21.9 Å². The van der Waals surface area contributed by atoms with Crippen LogP contribution in [0.1, 0.15) is 48.6 Å². The van der Waals surface area contributed by atoms with Gasteiger partial charge in [0.1, 0.15) is 5.75 Å². The van der Waals surface area contributed by atoms with Crippen molar-refractivity contribution in [2.45, 2.75) is 46.8 Å². The first kappa shape index (κ1) is 20.0. The molecule has 26 heavy (non-hydrogen) atoms. The molecule has 0 spiro atoms. The van der Waals surface area contributed by atoms with Crippen molar-refractivity contribution in [3.8, 4) is 5.75 Å². The highest BCUT2D eigenvalue weighted by Gasteiger charge is 2.19. The maximum atomic E-state index is 12.4. The van der Waals surface area contributed by atoms with Gasteiger partial charge in [0.25, 0.3) is 11.8 Å². The molecular weight excluding hydrogens is 398 g/mol. The molecule has 2 amide bonds. The minimum atomic E-state index is -0.757. The van der Waals surface area contributed by atoms with E-state index in [4.69, 9.17) is 4.74 Å². The molecular formula is C19H24BrN3O3. The third-order valence-electron chi connectivity index (χ3n) is 4.02. The van der Waals surface area contributed by atoms with Crippen molar-refractivity contribution in [3.05, 3.63) is 51.8 Å². The molecule has 7 heteroatoms.